The Morgan fingerprint density at radius 2 is 1.75 bits per heavy atom. The molecule has 1 aromatic heterocycles. The van der Waals surface area contributed by atoms with E-state index in [0.717, 1.165) is 11.6 Å². The number of hydrogen-bond acceptors (Lipinski definition) is 1. The number of hydrogen-bond donors (Lipinski definition) is 0. The third-order valence-corrected chi connectivity index (χ3v) is 3.47. The van der Waals surface area contributed by atoms with E-state index < -0.39 is 11.6 Å². The summed E-state index contributed by atoms with van der Waals surface area (Å²) in [6.07, 6.45) is 0. The van der Waals surface area contributed by atoms with Gasteiger partial charge in [-0.2, -0.15) is 0 Å². The van der Waals surface area contributed by atoms with E-state index in [0.29, 0.717) is 5.69 Å². The van der Waals surface area contributed by atoms with Gasteiger partial charge in [-0.15, -0.1) is 0 Å². The van der Waals surface area contributed by atoms with Crippen molar-refractivity contribution in [3.05, 3.63) is 64.7 Å². The summed E-state index contributed by atoms with van der Waals surface area (Å²) in [6.45, 7) is 1.50. The van der Waals surface area contributed by atoms with E-state index in [1.54, 1.807) is 6.07 Å². The molecule has 0 aliphatic carbocycles. The maximum atomic E-state index is 14.1. The predicted molar refractivity (Wildman–Crippen MR) is 76.8 cm³/mol. The zero-order chi connectivity index (χ0) is 14.3. The van der Waals surface area contributed by atoms with E-state index in [1.807, 2.05) is 30.3 Å². The van der Waals surface area contributed by atoms with E-state index in [4.69, 9.17) is 11.6 Å². The molecule has 0 spiro atoms. The number of benzene rings is 2. The van der Waals surface area contributed by atoms with E-state index in [-0.39, 0.29) is 21.5 Å². The SMILES string of the molecule is Cc1cc(F)c2nc(-c3ccccc3)cc(Cl)c2c1F. The highest BCUT2D eigenvalue weighted by molar-refractivity contribution is 6.35. The van der Waals surface area contributed by atoms with Crippen LogP contribution in [0, 0.1) is 18.6 Å². The maximum Gasteiger partial charge on any atom is 0.149 e. The molecule has 0 bridgehead atoms. The van der Waals surface area contributed by atoms with E-state index >= 15 is 0 Å². The maximum absolute atomic E-state index is 14.1. The van der Waals surface area contributed by atoms with E-state index in [9.17, 15) is 8.78 Å². The molecule has 0 saturated heterocycles. The second-order valence-electron chi connectivity index (χ2n) is 4.57. The molecule has 0 aliphatic rings. The number of aryl methyl sites for hydroxylation is 1. The minimum absolute atomic E-state index is 0.0313. The number of pyridine rings is 1. The smallest absolute Gasteiger partial charge is 0.149 e. The Morgan fingerprint density at radius 1 is 1.05 bits per heavy atom. The molecule has 2 aromatic carbocycles. The second-order valence-corrected chi connectivity index (χ2v) is 4.98. The lowest BCUT2D eigenvalue weighted by Crippen LogP contribution is -1.95. The number of nitrogens with zero attached hydrogens (tertiary/aromatic N) is 1. The van der Waals surface area contributed by atoms with Gasteiger partial charge in [0.2, 0.25) is 0 Å². The van der Waals surface area contributed by atoms with E-state index in [2.05, 4.69) is 4.98 Å². The van der Waals surface area contributed by atoms with Crippen LogP contribution in [0.4, 0.5) is 8.78 Å². The molecule has 0 fully saturated rings. The average Bonchev–Trinajstić information content (AvgIpc) is 2.45. The number of fused-ring (bicyclic) bond motifs is 1. The lowest BCUT2D eigenvalue weighted by molar-refractivity contribution is 0.608. The summed E-state index contributed by atoms with van der Waals surface area (Å²) < 4.78 is 28.1. The van der Waals surface area contributed by atoms with Crippen molar-refractivity contribution in [1.29, 1.82) is 0 Å². The van der Waals surface area contributed by atoms with Crippen LogP contribution < -0.4 is 0 Å². The average molecular weight is 290 g/mol. The molecule has 3 rings (SSSR count). The highest BCUT2D eigenvalue weighted by Gasteiger charge is 2.16. The fourth-order valence-corrected chi connectivity index (χ4v) is 2.45. The normalized spacial score (nSPS) is 11.0. The van der Waals surface area contributed by atoms with Gasteiger partial charge in [-0.1, -0.05) is 41.9 Å². The quantitative estimate of drug-likeness (QED) is 0.604. The molecular formula is C16H10ClF2N. The fraction of sp³-hybridized carbons (Fsp3) is 0.0625. The van der Waals surface area contributed by atoms with Crippen LogP contribution in [-0.2, 0) is 0 Å². The first-order valence-electron chi connectivity index (χ1n) is 6.08. The number of halogens is 3. The molecular weight excluding hydrogens is 280 g/mol. The van der Waals surface area contributed by atoms with Crippen molar-refractivity contribution in [3.63, 3.8) is 0 Å². The largest absolute Gasteiger partial charge is 0.244 e. The Balaban J connectivity index is 2.36. The first kappa shape index (κ1) is 13.0. The van der Waals surface area contributed by atoms with Gasteiger partial charge < -0.3 is 0 Å². The fourth-order valence-electron chi connectivity index (χ4n) is 2.17. The summed E-state index contributed by atoms with van der Waals surface area (Å²) in [6, 6.07) is 11.9. The van der Waals surface area contributed by atoms with Gasteiger partial charge in [0.15, 0.2) is 0 Å². The lowest BCUT2D eigenvalue weighted by atomic mass is 10.1. The van der Waals surface area contributed by atoms with Gasteiger partial charge in [-0.3, -0.25) is 0 Å². The zero-order valence-corrected chi connectivity index (χ0v) is 11.4. The zero-order valence-electron chi connectivity index (χ0n) is 10.6. The molecule has 20 heavy (non-hydrogen) atoms. The van der Waals surface area contributed by atoms with Crippen LogP contribution in [0.25, 0.3) is 22.2 Å². The summed E-state index contributed by atoms with van der Waals surface area (Å²) in [7, 11) is 0. The molecule has 0 unspecified atom stereocenters. The van der Waals surface area contributed by atoms with Crippen LogP contribution in [0.2, 0.25) is 5.02 Å². The lowest BCUT2D eigenvalue weighted by Gasteiger charge is -2.09. The Bertz CT molecular complexity index is 801. The molecule has 0 N–H and O–H groups in total. The summed E-state index contributed by atoms with van der Waals surface area (Å²) in [5.74, 6) is -1.10. The van der Waals surface area contributed by atoms with Gasteiger partial charge in [0.25, 0.3) is 0 Å². The van der Waals surface area contributed by atoms with Crippen LogP contribution in [0.15, 0.2) is 42.5 Å². The van der Waals surface area contributed by atoms with Crippen LogP contribution >= 0.6 is 11.6 Å². The molecule has 4 heteroatoms. The molecule has 3 aromatic rings. The topological polar surface area (TPSA) is 12.9 Å². The minimum atomic E-state index is -0.571. The number of aromatic nitrogens is 1. The highest BCUT2D eigenvalue weighted by Crippen LogP contribution is 2.32. The molecule has 1 nitrogen and oxygen atoms in total. The first-order valence-corrected chi connectivity index (χ1v) is 6.46. The molecule has 0 amide bonds. The summed E-state index contributed by atoms with van der Waals surface area (Å²) in [5.41, 5.74) is 1.49. The molecule has 0 aliphatic heterocycles. The van der Waals surface area contributed by atoms with Gasteiger partial charge in [0, 0.05) is 5.56 Å². The summed E-state index contributed by atoms with van der Waals surface area (Å²) in [5, 5.41) is 0.192. The third kappa shape index (κ3) is 2.04. The van der Waals surface area contributed by atoms with Crippen molar-refractivity contribution < 1.29 is 8.78 Å². The minimum Gasteiger partial charge on any atom is -0.244 e. The predicted octanol–water partition coefficient (Wildman–Crippen LogP) is 5.14. The van der Waals surface area contributed by atoms with Crippen molar-refractivity contribution in [2.24, 2.45) is 0 Å². The molecule has 1 heterocycles. The van der Waals surface area contributed by atoms with Crippen molar-refractivity contribution >= 4 is 22.5 Å². The van der Waals surface area contributed by atoms with Crippen LogP contribution in [-0.4, -0.2) is 4.98 Å². The Kier molecular flexibility index (Phi) is 3.14. The first-order chi connectivity index (χ1) is 9.58. The van der Waals surface area contributed by atoms with Gasteiger partial charge in [0.1, 0.15) is 17.2 Å². The highest BCUT2D eigenvalue weighted by atomic mass is 35.5. The Labute approximate surface area is 119 Å². The van der Waals surface area contributed by atoms with Gasteiger partial charge in [0.05, 0.1) is 16.1 Å². The third-order valence-electron chi connectivity index (χ3n) is 3.18. The Hall–Kier alpha value is -2.00. The van der Waals surface area contributed by atoms with Crippen molar-refractivity contribution in [2.75, 3.05) is 0 Å². The van der Waals surface area contributed by atoms with Crippen molar-refractivity contribution in [1.82, 2.24) is 4.98 Å². The van der Waals surface area contributed by atoms with Crippen LogP contribution in [0.5, 0.6) is 0 Å². The summed E-state index contributed by atoms with van der Waals surface area (Å²) >= 11 is 6.11. The van der Waals surface area contributed by atoms with Gasteiger partial charge in [-0.25, -0.2) is 13.8 Å². The summed E-state index contributed by atoms with van der Waals surface area (Å²) in [4.78, 5) is 4.21. The van der Waals surface area contributed by atoms with Crippen molar-refractivity contribution in [3.8, 4) is 11.3 Å². The van der Waals surface area contributed by atoms with Crippen LogP contribution in [0.1, 0.15) is 5.56 Å². The molecule has 100 valence electrons. The monoisotopic (exact) mass is 289 g/mol. The standard InChI is InChI=1S/C16H10ClF2N/c1-9-7-12(18)16-14(15(9)19)11(17)8-13(20-16)10-5-3-2-4-6-10/h2-8H,1H3. The van der Waals surface area contributed by atoms with Crippen LogP contribution in [0.3, 0.4) is 0 Å². The van der Waals surface area contributed by atoms with E-state index in [1.165, 1.54) is 6.92 Å². The number of rotatable bonds is 1. The molecule has 0 radical (unpaired) electrons. The van der Waals surface area contributed by atoms with Crippen molar-refractivity contribution in [2.45, 2.75) is 6.92 Å². The Morgan fingerprint density at radius 3 is 2.45 bits per heavy atom. The van der Waals surface area contributed by atoms with Gasteiger partial charge in [-0.05, 0) is 24.6 Å². The van der Waals surface area contributed by atoms with Gasteiger partial charge >= 0.3 is 0 Å². The second kappa shape index (κ2) is 4.84. The molecule has 0 atom stereocenters. The molecule has 0 saturated carbocycles.